The van der Waals surface area contributed by atoms with Crippen molar-refractivity contribution in [3.8, 4) is 6.07 Å². The lowest BCUT2D eigenvalue weighted by molar-refractivity contribution is 0.613. The van der Waals surface area contributed by atoms with Crippen LogP contribution in [0.4, 0.5) is 5.69 Å². The zero-order valence-electron chi connectivity index (χ0n) is 12.5. The maximum atomic E-state index is 9.32. The van der Waals surface area contributed by atoms with Crippen LogP contribution in [0.5, 0.6) is 0 Å². The molecule has 0 bridgehead atoms. The Morgan fingerprint density at radius 3 is 3.00 bits per heavy atom. The summed E-state index contributed by atoms with van der Waals surface area (Å²) in [5, 5.41) is 14.0. The number of hydrogen-bond acceptors (Lipinski definition) is 3. The van der Waals surface area contributed by atoms with Gasteiger partial charge < -0.3 is 5.32 Å². The molecule has 0 radical (unpaired) electrons. The van der Waals surface area contributed by atoms with E-state index >= 15 is 0 Å². The molecule has 2 atom stereocenters. The van der Waals surface area contributed by atoms with Crippen molar-refractivity contribution >= 4 is 16.6 Å². The lowest BCUT2D eigenvalue weighted by Gasteiger charge is -2.11. The zero-order chi connectivity index (χ0) is 14.7. The van der Waals surface area contributed by atoms with Gasteiger partial charge >= 0.3 is 0 Å². The van der Waals surface area contributed by atoms with E-state index in [9.17, 15) is 5.26 Å². The van der Waals surface area contributed by atoms with E-state index in [-0.39, 0.29) is 0 Å². The molecule has 3 nitrogen and oxygen atoms in total. The summed E-state index contributed by atoms with van der Waals surface area (Å²) in [6.45, 7) is 2.24. The average Bonchev–Trinajstić information content (AvgIpc) is 3.26. The van der Waals surface area contributed by atoms with E-state index < -0.39 is 0 Å². The van der Waals surface area contributed by atoms with Gasteiger partial charge in [-0.25, -0.2) is 0 Å². The van der Waals surface area contributed by atoms with E-state index in [1.807, 2.05) is 24.3 Å². The third-order valence-electron chi connectivity index (χ3n) is 4.33. The molecule has 0 spiro atoms. The number of anilines is 1. The highest BCUT2D eigenvalue weighted by atomic mass is 15.0. The molecule has 108 valence electrons. The number of unbranched alkanes of at least 4 members (excludes halogenated alkanes) is 2. The molecule has 1 N–H and O–H groups in total. The molecule has 2 aromatic rings. The van der Waals surface area contributed by atoms with Gasteiger partial charge in [0.15, 0.2) is 0 Å². The first kappa shape index (κ1) is 13.9. The fourth-order valence-corrected chi connectivity index (χ4v) is 2.97. The van der Waals surface area contributed by atoms with Gasteiger partial charge in [-0.3, -0.25) is 4.98 Å². The molecule has 2 unspecified atom stereocenters. The number of nitriles is 1. The number of rotatable bonds is 6. The maximum absolute atomic E-state index is 9.32. The molecule has 0 saturated heterocycles. The van der Waals surface area contributed by atoms with E-state index in [0.29, 0.717) is 11.6 Å². The van der Waals surface area contributed by atoms with Gasteiger partial charge in [0.1, 0.15) is 6.07 Å². The molecule has 1 saturated carbocycles. The minimum atomic E-state index is 0.528. The van der Waals surface area contributed by atoms with Crippen molar-refractivity contribution in [2.45, 2.75) is 45.1 Å². The molecule has 0 amide bonds. The Morgan fingerprint density at radius 1 is 1.33 bits per heavy atom. The normalized spacial score (nSPS) is 20.2. The SMILES string of the molecule is CCCCCC1CC1Nc1c(C#N)cnc2ccccc12. The van der Waals surface area contributed by atoms with Gasteiger partial charge in [-0.2, -0.15) is 5.26 Å². The second-order valence-electron chi connectivity index (χ2n) is 5.92. The Bertz CT molecular complexity index is 672. The van der Waals surface area contributed by atoms with Crippen molar-refractivity contribution in [1.29, 1.82) is 5.26 Å². The number of hydrogen-bond donors (Lipinski definition) is 1. The topological polar surface area (TPSA) is 48.7 Å². The molecule has 0 aliphatic heterocycles. The lowest BCUT2D eigenvalue weighted by atomic mass is 10.1. The molecule has 21 heavy (non-hydrogen) atoms. The Labute approximate surface area is 126 Å². The van der Waals surface area contributed by atoms with Crippen molar-refractivity contribution in [3.05, 3.63) is 36.0 Å². The van der Waals surface area contributed by atoms with Crippen molar-refractivity contribution < 1.29 is 0 Å². The van der Waals surface area contributed by atoms with Gasteiger partial charge in [-0.1, -0.05) is 44.4 Å². The molecule has 1 aromatic heterocycles. The first-order valence-electron chi connectivity index (χ1n) is 7.88. The number of para-hydroxylation sites is 1. The summed E-state index contributed by atoms with van der Waals surface area (Å²) in [5.74, 6) is 0.773. The second-order valence-corrected chi connectivity index (χ2v) is 5.92. The third-order valence-corrected chi connectivity index (χ3v) is 4.33. The summed E-state index contributed by atoms with van der Waals surface area (Å²) < 4.78 is 0. The van der Waals surface area contributed by atoms with Crippen LogP contribution in [-0.2, 0) is 0 Å². The Morgan fingerprint density at radius 2 is 2.19 bits per heavy atom. The van der Waals surface area contributed by atoms with Crippen LogP contribution in [0.25, 0.3) is 10.9 Å². The summed E-state index contributed by atoms with van der Waals surface area (Å²) in [5.41, 5.74) is 2.56. The Kier molecular flexibility index (Phi) is 4.06. The van der Waals surface area contributed by atoms with E-state index in [1.54, 1.807) is 6.20 Å². The van der Waals surface area contributed by atoms with Crippen molar-refractivity contribution in [3.63, 3.8) is 0 Å². The minimum absolute atomic E-state index is 0.528. The predicted molar refractivity (Wildman–Crippen MR) is 86.1 cm³/mol. The molecule has 3 rings (SSSR count). The summed E-state index contributed by atoms with van der Waals surface area (Å²) in [4.78, 5) is 4.36. The molecule has 1 heterocycles. The first-order chi connectivity index (χ1) is 10.3. The fourth-order valence-electron chi connectivity index (χ4n) is 2.97. The van der Waals surface area contributed by atoms with Crippen LogP contribution in [0.1, 0.15) is 44.6 Å². The highest BCUT2D eigenvalue weighted by Crippen LogP contribution is 2.39. The third kappa shape index (κ3) is 3.00. The van der Waals surface area contributed by atoms with Gasteiger partial charge in [-0.15, -0.1) is 0 Å². The molecule has 1 fully saturated rings. The second kappa shape index (κ2) is 6.13. The van der Waals surface area contributed by atoms with E-state index in [2.05, 4.69) is 23.3 Å². The van der Waals surface area contributed by atoms with Gasteiger partial charge in [0.05, 0.1) is 16.8 Å². The quantitative estimate of drug-likeness (QED) is 0.793. The van der Waals surface area contributed by atoms with Crippen LogP contribution in [0.3, 0.4) is 0 Å². The largest absolute Gasteiger partial charge is 0.380 e. The zero-order valence-corrected chi connectivity index (χ0v) is 12.5. The Balaban J connectivity index is 1.77. The van der Waals surface area contributed by atoms with E-state index in [4.69, 9.17) is 0 Å². The summed E-state index contributed by atoms with van der Waals surface area (Å²) in [7, 11) is 0. The van der Waals surface area contributed by atoms with Crippen molar-refractivity contribution in [1.82, 2.24) is 4.98 Å². The van der Waals surface area contributed by atoms with Crippen LogP contribution in [0.15, 0.2) is 30.5 Å². The number of benzene rings is 1. The maximum Gasteiger partial charge on any atom is 0.103 e. The smallest absolute Gasteiger partial charge is 0.103 e. The number of aromatic nitrogens is 1. The fraction of sp³-hybridized carbons (Fsp3) is 0.444. The molecule has 1 aliphatic carbocycles. The monoisotopic (exact) mass is 279 g/mol. The molecular formula is C18H21N3. The van der Waals surface area contributed by atoms with Crippen molar-refractivity contribution in [2.75, 3.05) is 5.32 Å². The summed E-state index contributed by atoms with van der Waals surface area (Å²) in [6, 6.07) is 10.8. The van der Waals surface area contributed by atoms with Gasteiger partial charge in [-0.05, 0) is 24.8 Å². The van der Waals surface area contributed by atoms with E-state index in [1.165, 1.54) is 32.1 Å². The molecular weight excluding hydrogens is 258 g/mol. The Hall–Kier alpha value is -2.08. The molecule has 1 aliphatic rings. The summed E-state index contributed by atoms with van der Waals surface area (Å²) >= 11 is 0. The van der Waals surface area contributed by atoms with Crippen LogP contribution in [0.2, 0.25) is 0 Å². The predicted octanol–water partition coefficient (Wildman–Crippen LogP) is 4.49. The highest BCUT2D eigenvalue weighted by molar-refractivity contribution is 5.94. The van der Waals surface area contributed by atoms with Crippen LogP contribution < -0.4 is 5.32 Å². The lowest BCUT2D eigenvalue weighted by Crippen LogP contribution is -2.07. The van der Waals surface area contributed by atoms with Gasteiger partial charge in [0.2, 0.25) is 0 Å². The van der Waals surface area contributed by atoms with E-state index in [0.717, 1.165) is 22.5 Å². The van der Waals surface area contributed by atoms with Gasteiger partial charge in [0, 0.05) is 17.6 Å². The van der Waals surface area contributed by atoms with Gasteiger partial charge in [0.25, 0.3) is 0 Å². The highest BCUT2D eigenvalue weighted by Gasteiger charge is 2.36. The number of nitrogens with zero attached hydrogens (tertiary/aromatic N) is 2. The average molecular weight is 279 g/mol. The summed E-state index contributed by atoms with van der Waals surface area (Å²) in [6.07, 6.45) is 8.13. The molecule has 3 heteroatoms. The number of nitrogens with one attached hydrogen (secondary N) is 1. The van der Waals surface area contributed by atoms with Crippen LogP contribution in [-0.4, -0.2) is 11.0 Å². The first-order valence-corrected chi connectivity index (χ1v) is 7.88. The van der Waals surface area contributed by atoms with Crippen LogP contribution in [0, 0.1) is 17.2 Å². The number of fused-ring (bicyclic) bond motifs is 1. The standard InChI is InChI=1S/C18H21N3/c1-2-3-4-7-13-10-17(13)21-18-14(11-19)12-20-16-9-6-5-8-15(16)18/h5-6,8-9,12-13,17H,2-4,7,10H2,1H3,(H,20,21). The minimum Gasteiger partial charge on any atom is -0.380 e. The molecule has 1 aromatic carbocycles. The van der Waals surface area contributed by atoms with Crippen LogP contribution >= 0.6 is 0 Å². The number of pyridine rings is 1. The van der Waals surface area contributed by atoms with Crippen molar-refractivity contribution in [2.24, 2.45) is 5.92 Å².